The van der Waals surface area contributed by atoms with Crippen molar-refractivity contribution in [1.29, 1.82) is 0 Å². The molecule has 0 aromatic carbocycles. The molecule has 0 saturated carbocycles. The highest BCUT2D eigenvalue weighted by Crippen LogP contribution is 2.35. The smallest absolute Gasteiger partial charge is 0.0903 e. The highest BCUT2D eigenvalue weighted by atomic mass is 14.8. The molecular formula is C40H66N2. The Hall–Kier alpha value is -2.22. The SMILES string of the molecule is CCCCCCC(/C=C(\C)C1=CC=C(/C(C)=C/C(CCCCCC)=C(\C)C(C)(C)CC)C(=NC)C1=NC)=C(/C)C(C)C. The van der Waals surface area contributed by atoms with Gasteiger partial charge in [0.05, 0.1) is 11.4 Å². The predicted octanol–water partition coefficient (Wildman–Crippen LogP) is 12.6. The third-order valence-electron chi connectivity index (χ3n) is 9.58. The number of rotatable bonds is 17. The Labute approximate surface area is 262 Å². The fourth-order valence-corrected chi connectivity index (χ4v) is 5.65. The molecule has 42 heavy (non-hydrogen) atoms. The maximum absolute atomic E-state index is 4.83. The number of hydrogen-bond donors (Lipinski definition) is 0. The van der Waals surface area contributed by atoms with Gasteiger partial charge in [-0.15, -0.1) is 0 Å². The highest BCUT2D eigenvalue weighted by Gasteiger charge is 2.24. The molecule has 2 nitrogen and oxygen atoms in total. The maximum atomic E-state index is 4.83. The lowest BCUT2D eigenvalue weighted by Gasteiger charge is -2.27. The summed E-state index contributed by atoms with van der Waals surface area (Å²) in [7, 11) is 3.83. The molecule has 236 valence electrons. The van der Waals surface area contributed by atoms with Gasteiger partial charge < -0.3 is 0 Å². The van der Waals surface area contributed by atoms with E-state index >= 15 is 0 Å². The van der Waals surface area contributed by atoms with Crippen molar-refractivity contribution < 1.29 is 0 Å². The summed E-state index contributed by atoms with van der Waals surface area (Å²) in [5, 5.41) is 0. The molecule has 0 bridgehead atoms. The fraction of sp³-hybridized carbons (Fsp3) is 0.650. The van der Waals surface area contributed by atoms with Gasteiger partial charge in [-0.05, 0) is 93.4 Å². The molecule has 0 radical (unpaired) electrons. The highest BCUT2D eigenvalue weighted by molar-refractivity contribution is 6.56. The number of hydrogen-bond acceptors (Lipinski definition) is 2. The number of allylic oxidation sites excluding steroid dienone is 12. The van der Waals surface area contributed by atoms with E-state index in [1.807, 2.05) is 14.1 Å². The number of aliphatic imine (C=N–C) groups is 2. The van der Waals surface area contributed by atoms with Crippen LogP contribution in [0, 0.1) is 11.3 Å². The minimum atomic E-state index is 0.195. The Bertz CT molecular complexity index is 1120. The zero-order chi connectivity index (χ0) is 31.9. The molecule has 0 amide bonds. The van der Waals surface area contributed by atoms with Crippen molar-refractivity contribution in [3.05, 3.63) is 68.9 Å². The lowest BCUT2D eigenvalue weighted by molar-refractivity contribution is 0.424. The van der Waals surface area contributed by atoms with Gasteiger partial charge in [-0.3, -0.25) is 9.98 Å². The van der Waals surface area contributed by atoms with Gasteiger partial charge >= 0.3 is 0 Å². The van der Waals surface area contributed by atoms with Crippen molar-refractivity contribution in [2.45, 2.75) is 147 Å². The third-order valence-corrected chi connectivity index (χ3v) is 9.58. The van der Waals surface area contributed by atoms with Crippen molar-refractivity contribution in [2.75, 3.05) is 14.1 Å². The Morgan fingerprint density at radius 2 is 1.12 bits per heavy atom. The second-order valence-corrected chi connectivity index (χ2v) is 13.3. The van der Waals surface area contributed by atoms with Crippen molar-refractivity contribution in [1.82, 2.24) is 0 Å². The van der Waals surface area contributed by atoms with Crippen molar-refractivity contribution in [2.24, 2.45) is 21.3 Å². The molecule has 0 aliphatic heterocycles. The Morgan fingerprint density at radius 1 is 0.690 bits per heavy atom. The second kappa shape index (κ2) is 19.1. The van der Waals surface area contributed by atoms with E-state index in [1.165, 1.54) is 96.0 Å². The molecule has 0 spiro atoms. The van der Waals surface area contributed by atoms with Gasteiger partial charge in [0.15, 0.2) is 0 Å². The lowest BCUT2D eigenvalue weighted by Crippen LogP contribution is -2.23. The first-order valence-corrected chi connectivity index (χ1v) is 17.0. The molecule has 0 atom stereocenters. The fourth-order valence-electron chi connectivity index (χ4n) is 5.65. The van der Waals surface area contributed by atoms with E-state index in [-0.39, 0.29) is 5.41 Å². The largest absolute Gasteiger partial charge is 0.286 e. The first-order chi connectivity index (χ1) is 19.9. The van der Waals surface area contributed by atoms with Crippen LogP contribution in [0.25, 0.3) is 0 Å². The van der Waals surface area contributed by atoms with E-state index in [2.05, 4.69) is 100 Å². The maximum Gasteiger partial charge on any atom is 0.0903 e. The van der Waals surface area contributed by atoms with Crippen molar-refractivity contribution in [3.8, 4) is 0 Å². The molecule has 0 unspecified atom stereocenters. The monoisotopic (exact) mass is 575 g/mol. The lowest BCUT2D eigenvalue weighted by atomic mass is 9.78. The van der Waals surface area contributed by atoms with Crippen LogP contribution in [0.3, 0.4) is 0 Å². The minimum absolute atomic E-state index is 0.195. The number of unbranched alkanes of at least 4 members (excludes halogenated alkanes) is 6. The van der Waals surface area contributed by atoms with Crippen LogP contribution in [0.5, 0.6) is 0 Å². The predicted molar refractivity (Wildman–Crippen MR) is 192 cm³/mol. The van der Waals surface area contributed by atoms with Crippen LogP contribution in [-0.4, -0.2) is 25.5 Å². The topological polar surface area (TPSA) is 24.7 Å². The summed E-state index contributed by atoms with van der Waals surface area (Å²) in [6.45, 7) is 25.4. The standard InChI is InChI=1S/C40H66N2/c1-14-17-19-21-23-34(32(8)29(4)5)27-30(6)36-25-26-37(39(42-13)38(36)41-12)31(7)28-35(24-22-20-18-15-2)33(9)40(10,11)16-3/h25-29H,14-24H2,1-13H3/b30-27+,31-28+,34-32+,35-33+,41-38?,42-39?. The van der Waals surface area contributed by atoms with E-state index < -0.39 is 0 Å². The van der Waals surface area contributed by atoms with E-state index in [0.717, 1.165) is 30.7 Å². The van der Waals surface area contributed by atoms with E-state index in [1.54, 1.807) is 0 Å². The van der Waals surface area contributed by atoms with Gasteiger partial charge in [-0.1, -0.05) is 122 Å². The Balaban J connectivity index is 3.61. The quantitative estimate of drug-likeness (QED) is 0.0937. The van der Waals surface area contributed by atoms with E-state index in [4.69, 9.17) is 9.98 Å². The average Bonchev–Trinajstić information content (AvgIpc) is 2.98. The molecular weight excluding hydrogens is 508 g/mol. The summed E-state index contributed by atoms with van der Waals surface area (Å²) >= 11 is 0. The summed E-state index contributed by atoms with van der Waals surface area (Å²) in [5.74, 6) is 0.548. The average molecular weight is 575 g/mol. The van der Waals surface area contributed by atoms with Crippen LogP contribution >= 0.6 is 0 Å². The normalized spacial score (nSPS) is 18.4. The Morgan fingerprint density at radius 3 is 1.50 bits per heavy atom. The van der Waals surface area contributed by atoms with Crippen LogP contribution in [0.2, 0.25) is 0 Å². The molecule has 1 aliphatic carbocycles. The Kier molecular flexibility index (Phi) is 17.2. The molecule has 2 heteroatoms. The first-order valence-electron chi connectivity index (χ1n) is 17.0. The zero-order valence-electron chi connectivity index (χ0n) is 30.1. The van der Waals surface area contributed by atoms with E-state index in [0.29, 0.717) is 5.92 Å². The van der Waals surface area contributed by atoms with Gasteiger partial charge in [0, 0.05) is 25.2 Å². The summed E-state index contributed by atoms with van der Waals surface area (Å²) in [6.07, 6.45) is 23.1. The van der Waals surface area contributed by atoms with E-state index in [9.17, 15) is 0 Å². The summed E-state index contributed by atoms with van der Waals surface area (Å²) < 4.78 is 0. The van der Waals surface area contributed by atoms with Crippen LogP contribution in [0.4, 0.5) is 0 Å². The molecule has 0 aromatic rings. The summed E-state index contributed by atoms with van der Waals surface area (Å²) in [4.78, 5) is 9.66. The first kappa shape index (κ1) is 37.8. The van der Waals surface area contributed by atoms with Gasteiger partial charge in [0.2, 0.25) is 0 Å². The molecule has 1 aliphatic rings. The molecule has 0 N–H and O–H groups in total. The van der Waals surface area contributed by atoms with Crippen LogP contribution in [-0.2, 0) is 0 Å². The zero-order valence-corrected chi connectivity index (χ0v) is 30.1. The molecule has 0 aromatic heterocycles. The molecule has 0 heterocycles. The third kappa shape index (κ3) is 11.1. The summed E-state index contributed by atoms with van der Waals surface area (Å²) in [5.41, 5.74) is 13.1. The van der Waals surface area contributed by atoms with Crippen LogP contribution < -0.4 is 0 Å². The molecule has 0 saturated heterocycles. The van der Waals surface area contributed by atoms with Gasteiger partial charge in [-0.2, -0.15) is 0 Å². The molecule has 1 rings (SSSR count). The van der Waals surface area contributed by atoms with Crippen molar-refractivity contribution in [3.63, 3.8) is 0 Å². The van der Waals surface area contributed by atoms with Crippen LogP contribution in [0.1, 0.15) is 147 Å². The number of nitrogens with zero attached hydrogens (tertiary/aromatic N) is 2. The van der Waals surface area contributed by atoms with Gasteiger partial charge in [0.1, 0.15) is 0 Å². The van der Waals surface area contributed by atoms with Gasteiger partial charge in [0.25, 0.3) is 0 Å². The summed E-state index contributed by atoms with van der Waals surface area (Å²) in [6, 6.07) is 0. The molecule has 0 fully saturated rings. The van der Waals surface area contributed by atoms with Gasteiger partial charge in [-0.25, -0.2) is 0 Å². The van der Waals surface area contributed by atoms with Crippen molar-refractivity contribution >= 4 is 11.4 Å². The minimum Gasteiger partial charge on any atom is -0.286 e. The van der Waals surface area contributed by atoms with Crippen LogP contribution in [0.15, 0.2) is 78.9 Å². The second-order valence-electron chi connectivity index (χ2n) is 13.3.